The van der Waals surface area contributed by atoms with Crippen LogP contribution in [0, 0.1) is 0 Å². The highest BCUT2D eigenvalue weighted by molar-refractivity contribution is 9.06. The Morgan fingerprint density at radius 3 is 2.00 bits per heavy atom. The molecule has 0 amide bonds. The van der Waals surface area contributed by atoms with Crippen molar-refractivity contribution in [2.75, 3.05) is 6.61 Å². The molecular weight excluding hydrogens is 151 g/mol. The van der Waals surface area contributed by atoms with Gasteiger partial charge in [-0.2, -0.15) is 9.90 Å². The topological polar surface area (TPSA) is 9.23 Å². The number of hydrogen-bond acceptors (Lipinski definition) is 1. The van der Waals surface area contributed by atoms with Gasteiger partial charge < -0.3 is 3.83 Å². The summed E-state index contributed by atoms with van der Waals surface area (Å²) in [5.41, 5.74) is 0. The maximum Gasteiger partial charge on any atom is 0.0987 e. The lowest BCUT2D eigenvalue weighted by molar-refractivity contribution is 0.426. The summed E-state index contributed by atoms with van der Waals surface area (Å²) in [4.78, 5) is 0. The molecule has 1 atom stereocenters. The van der Waals surface area contributed by atoms with Crippen LogP contribution >= 0.6 is 26.2 Å². The summed E-state index contributed by atoms with van der Waals surface area (Å²) in [6.07, 6.45) is 0. The highest BCUT2D eigenvalue weighted by Gasteiger charge is 1.55. The Morgan fingerprint density at radius 2 is 2.00 bits per heavy atom. The van der Waals surface area contributed by atoms with Gasteiger partial charge in [0.1, 0.15) is 0 Å². The molecule has 0 aromatic heterocycles. The highest BCUT2D eigenvalue weighted by Crippen LogP contribution is 1.76. The Bertz CT molecular complexity index is 11.6. The largest absolute Gasteiger partial charge is 0.308 e. The molecule has 0 spiro atoms. The fraction of sp³-hybridized carbons (Fsp3) is 1.00. The van der Waals surface area contributed by atoms with E-state index in [1.807, 2.05) is 6.92 Å². The van der Waals surface area contributed by atoms with Gasteiger partial charge in [0, 0.05) is 0 Å². The average Bonchev–Trinajstić information content (AvgIpc) is 1.37. The van der Waals surface area contributed by atoms with Gasteiger partial charge in [-0.3, -0.25) is 0 Å². The number of hydrogen-bond donors (Lipinski definition) is 0. The van der Waals surface area contributed by atoms with E-state index in [-0.39, 0.29) is 9.90 Å². The van der Waals surface area contributed by atoms with Crippen LogP contribution in [0.1, 0.15) is 6.92 Å². The predicted molar refractivity (Wildman–Crippen MR) is 31.7 cm³/mol. The van der Waals surface area contributed by atoms with Crippen molar-refractivity contribution in [3.63, 3.8) is 0 Å². The number of rotatable bonds is 1. The van der Waals surface area contributed by atoms with Crippen LogP contribution in [0.3, 0.4) is 0 Å². The smallest absolute Gasteiger partial charge is 0.0987 e. The molecule has 0 radical (unpaired) electrons. The molecule has 0 aliphatic rings. The Hall–Kier alpha value is 0.870. The van der Waals surface area contributed by atoms with E-state index in [0.29, 0.717) is 0 Å². The van der Waals surface area contributed by atoms with E-state index >= 15 is 0 Å². The van der Waals surface area contributed by atoms with E-state index in [4.69, 9.17) is 0 Å². The van der Waals surface area contributed by atoms with Crippen LogP contribution in [0.25, 0.3) is 0 Å². The van der Waals surface area contributed by atoms with E-state index in [1.165, 1.54) is 0 Å². The summed E-state index contributed by atoms with van der Waals surface area (Å²) in [6.45, 7) is 2.65. The zero-order valence-electron chi connectivity index (χ0n) is 3.20. The number of halogens is 1. The highest BCUT2D eigenvalue weighted by atomic mass is 79.9. The second-order valence-electron chi connectivity index (χ2n) is 0.398. The van der Waals surface area contributed by atoms with Gasteiger partial charge in [0.05, 0.1) is 22.9 Å². The third-order valence-corrected chi connectivity index (χ3v) is 0.567. The van der Waals surface area contributed by atoms with E-state index < -0.39 is 0 Å². The second kappa shape index (κ2) is 8.85. The summed E-state index contributed by atoms with van der Waals surface area (Å²) in [5.74, 6) is 0. The molecule has 1 nitrogen and oxygen atoms in total. The van der Waals surface area contributed by atoms with Crippen molar-refractivity contribution in [1.29, 1.82) is 0 Å². The van der Waals surface area contributed by atoms with Crippen molar-refractivity contribution in [2.45, 2.75) is 6.92 Å². The molecule has 0 aromatic carbocycles. The van der Waals surface area contributed by atoms with Gasteiger partial charge >= 0.3 is 0 Å². The van der Waals surface area contributed by atoms with Gasteiger partial charge in [-0.1, -0.05) is 0 Å². The molecule has 0 aliphatic carbocycles. The van der Waals surface area contributed by atoms with Crippen LogP contribution in [0.5, 0.6) is 0 Å². The summed E-state index contributed by atoms with van der Waals surface area (Å²) in [5, 5.41) is 0. The first kappa shape index (κ1) is 9.30. The third kappa shape index (κ3) is 11.5. The van der Waals surface area contributed by atoms with Crippen molar-refractivity contribution >= 4 is 26.2 Å². The SMILES string of the molecule is CCOBr.P. The van der Waals surface area contributed by atoms with Crippen LogP contribution in [0.2, 0.25) is 0 Å². The normalized spacial score (nSPS) is 6.00. The fourth-order valence-electron chi connectivity index (χ4n) is 0. The first-order chi connectivity index (χ1) is 1.91. The molecule has 0 rings (SSSR count). The molecule has 0 saturated carbocycles. The minimum atomic E-state index is 0. The van der Waals surface area contributed by atoms with E-state index in [2.05, 4.69) is 20.1 Å². The lowest BCUT2D eigenvalue weighted by Crippen LogP contribution is -1.63. The third-order valence-electron chi connectivity index (χ3n) is 0.109. The van der Waals surface area contributed by atoms with Crippen LogP contribution in [-0.4, -0.2) is 6.61 Å². The Morgan fingerprint density at radius 1 is 1.80 bits per heavy atom. The zero-order valence-corrected chi connectivity index (χ0v) is 6.20. The van der Waals surface area contributed by atoms with Gasteiger partial charge in [-0.05, 0) is 6.92 Å². The van der Waals surface area contributed by atoms with Gasteiger partial charge in [-0.25, -0.2) is 0 Å². The molecule has 5 heavy (non-hydrogen) atoms. The molecule has 0 aromatic rings. The molecule has 0 saturated heterocycles. The molecule has 0 bridgehead atoms. The van der Waals surface area contributed by atoms with Crippen LogP contribution in [0.4, 0.5) is 0 Å². The first-order valence-electron chi connectivity index (χ1n) is 1.15. The van der Waals surface area contributed by atoms with Crippen molar-refractivity contribution in [1.82, 2.24) is 0 Å². The fourth-order valence-corrected chi connectivity index (χ4v) is 0. The molecule has 0 N–H and O–H groups in total. The zero-order chi connectivity index (χ0) is 3.41. The maximum atomic E-state index is 4.35. The van der Waals surface area contributed by atoms with Crippen molar-refractivity contribution in [3.8, 4) is 0 Å². The standard InChI is InChI=1S/C2H5BrO.H3P/c1-2-4-3;/h2H2,1H3;1H3. The second-order valence-corrected chi connectivity index (χ2v) is 0.856. The van der Waals surface area contributed by atoms with Gasteiger partial charge in [0.15, 0.2) is 0 Å². The van der Waals surface area contributed by atoms with E-state index in [0.717, 1.165) is 6.61 Å². The van der Waals surface area contributed by atoms with Crippen molar-refractivity contribution in [2.24, 2.45) is 0 Å². The van der Waals surface area contributed by atoms with Crippen LogP contribution < -0.4 is 0 Å². The van der Waals surface area contributed by atoms with Crippen molar-refractivity contribution in [3.05, 3.63) is 0 Å². The summed E-state index contributed by atoms with van der Waals surface area (Å²) in [7, 11) is 0. The Labute approximate surface area is 44.2 Å². The summed E-state index contributed by atoms with van der Waals surface area (Å²) >= 11 is 2.75. The molecule has 1 unspecified atom stereocenters. The van der Waals surface area contributed by atoms with Crippen molar-refractivity contribution < 1.29 is 3.83 Å². The van der Waals surface area contributed by atoms with E-state index in [9.17, 15) is 0 Å². The molecule has 0 aliphatic heterocycles. The molecule has 0 heterocycles. The van der Waals surface area contributed by atoms with Crippen LogP contribution in [0.15, 0.2) is 0 Å². The Kier molecular flexibility index (Phi) is 16.5. The monoisotopic (exact) mass is 158 g/mol. The predicted octanol–water partition coefficient (Wildman–Crippen LogP) is 1.39. The summed E-state index contributed by atoms with van der Waals surface area (Å²) < 4.78 is 4.35. The lowest BCUT2D eigenvalue weighted by Gasteiger charge is -1.71. The lowest BCUT2D eigenvalue weighted by atomic mass is 10.9. The van der Waals surface area contributed by atoms with Gasteiger partial charge in [0.25, 0.3) is 0 Å². The maximum absolute atomic E-state index is 4.35. The molecule has 3 heteroatoms. The minimum Gasteiger partial charge on any atom is -0.308 e. The Balaban J connectivity index is 0. The minimum absolute atomic E-state index is 0. The van der Waals surface area contributed by atoms with Crippen LogP contribution in [-0.2, 0) is 3.83 Å². The average molecular weight is 159 g/mol. The molecule has 34 valence electrons. The molecular formula is C2H8BrOP. The molecule has 0 fully saturated rings. The van der Waals surface area contributed by atoms with Gasteiger partial charge in [0.2, 0.25) is 0 Å². The summed E-state index contributed by atoms with van der Waals surface area (Å²) in [6, 6.07) is 0. The first-order valence-corrected chi connectivity index (χ1v) is 1.80. The quantitative estimate of drug-likeness (QED) is 0.525. The van der Waals surface area contributed by atoms with E-state index in [1.54, 1.807) is 0 Å². The van der Waals surface area contributed by atoms with Gasteiger partial charge in [-0.15, -0.1) is 0 Å².